The van der Waals surface area contributed by atoms with Crippen LogP contribution in [0.1, 0.15) is 24.0 Å². The van der Waals surface area contributed by atoms with Crippen LogP contribution < -0.4 is 4.90 Å². The minimum atomic E-state index is -0.180. The van der Waals surface area contributed by atoms with Crippen molar-refractivity contribution in [2.45, 2.75) is 24.8 Å². The summed E-state index contributed by atoms with van der Waals surface area (Å²) in [4.78, 5) is 19.1. The maximum absolute atomic E-state index is 12.8. The summed E-state index contributed by atoms with van der Waals surface area (Å²) < 4.78 is 0. The van der Waals surface area contributed by atoms with Crippen LogP contribution in [0.4, 0.5) is 5.69 Å². The zero-order valence-corrected chi connectivity index (χ0v) is 12.4. The molecule has 1 atom stereocenters. The van der Waals surface area contributed by atoms with Gasteiger partial charge < -0.3 is 4.90 Å². The lowest BCUT2D eigenvalue weighted by molar-refractivity contribution is -0.119. The highest BCUT2D eigenvalue weighted by Gasteiger charge is 2.43. The zero-order chi connectivity index (χ0) is 15.0. The summed E-state index contributed by atoms with van der Waals surface area (Å²) in [5, 5.41) is 0. The standard InChI is InChI=1S/C19H18N2O/c22-18-12-19(10-11-20-14-19)16-8-4-5-9-17(16)21(18)13-15-6-2-1-3-7-15/h1-9,14H,10-13H2/t19-/m1/s1. The average molecular weight is 290 g/mol. The van der Waals surface area contributed by atoms with Gasteiger partial charge in [-0.3, -0.25) is 9.79 Å². The Morgan fingerprint density at radius 3 is 2.59 bits per heavy atom. The predicted octanol–water partition coefficient (Wildman–Crippen LogP) is 3.34. The third-order valence-corrected chi connectivity index (χ3v) is 4.71. The number of benzene rings is 2. The monoisotopic (exact) mass is 290 g/mol. The molecule has 0 saturated carbocycles. The van der Waals surface area contributed by atoms with Crippen molar-refractivity contribution in [3.63, 3.8) is 0 Å². The molecule has 0 saturated heterocycles. The van der Waals surface area contributed by atoms with E-state index in [1.165, 1.54) is 5.56 Å². The molecule has 0 N–H and O–H groups in total. The molecule has 3 heteroatoms. The van der Waals surface area contributed by atoms with Crippen molar-refractivity contribution in [3.8, 4) is 0 Å². The summed E-state index contributed by atoms with van der Waals surface area (Å²) in [7, 11) is 0. The molecule has 22 heavy (non-hydrogen) atoms. The van der Waals surface area contributed by atoms with E-state index in [4.69, 9.17) is 0 Å². The molecule has 4 rings (SSSR count). The number of nitrogens with zero attached hydrogens (tertiary/aromatic N) is 2. The fraction of sp³-hybridized carbons (Fsp3) is 0.263. The number of carbonyl (C=O) groups is 1. The Kier molecular flexibility index (Phi) is 3.07. The van der Waals surface area contributed by atoms with Crippen molar-refractivity contribution in [2.75, 3.05) is 11.4 Å². The van der Waals surface area contributed by atoms with Crippen LogP contribution in [0.5, 0.6) is 0 Å². The van der Waals surface area contributed by atoms with Gasteiger partial charge in [0.25, 0.3) is 0 Å². The molecule has 2 aliphatic heterocycles. The van der Waals surface area contributed by atoms with Crippen molar-refractivity contribution in [2.24, 2.45) is 4.99 Å². The summed E-state index contributed by atoms with van der Waals surface area (Å²) in [5.41, 5.74) is 3.25. The third kappa shape index (κ3) is 2.05. The maximum Gasteiger partial charge on any atom is 0.228 e. The van der Waals surface area contributed by atoms with E-state index >= 15 is 0 Å². The summed E-state index contributed by atoms with van der Waals surface area (Å²) in [5.74, 6) is 0.191. The highest BCUT2D eigenvalue weighted by atomic mass is 16.2. The lowest BCUT2D eigenvalue weighted by atomic mass is 9.73. The first kappa shape index (κ1) is 13.3. The Labute approximate surface area is 130 Å². The second-order valence-corrected chi connectivity index (χ2v) is 6.10. The molecule has 2 aromatic carbocycles. The van der Waals surface area contributed by atoms with Crippen LogP contribution in [0.15, 0.2) is 59.6 Å². The van der Waals surface area contributed by atoms with Crippen molar-refractivity contribution >= 4 is 17.8 Å². The van der Waals surface area contributed by atoms with Crippen molar-refractivity contribution in [1.29, 1.82) is 0 Å². The smallest absolute Gasteiger partial charge is 0.228 e. The first-order chi connectivity index (χ1) is 10.8. The van der Waals surface area contributed by atoms with E-state index in [-0.39, 0.29) is 11.3 Å². The number of hydrogen-bond donors (Lipinski definition) is 0. The molecule has 0 radical (unpaired) electrons. The number of hydrogen-bond acceptors (Lipinski definition) is 2. The largest absolute Gasteiger partial charge is 0.308 e. The lowest BCUT2D eigenvalue weighted by Gasteiger charge is -2.39. The molecule has 2 aliphatic rings. The molecule has 2 heterocycles. The third-order valence-electron chi connectivity index (χ3n) is 4.71. The first-order valence-electron chi connectivity index (χ1n) is 7.73. The van der Waals surface area contributed by atoms with E-state index in [2.05, 4.69) is 35.3 Å². The van der Waals surface area contributed by atoms with Crippen molar-refractivity contribution < 1.29 is 4.79 Å². The minimum Gasteiger partial charge on any atom is -0.308 e. The van der Waals surface area contributed by atoms with Gasteiger partial charge in [-0.25, -0.2) is 0 Å². The second-order valence-electron chi connectivity index (χ2n) is 6.10. The highest BCUT2D eigenvalue weighted by Crippen LogP contribution is 2.44. The molecule has 2 aromatic rings. The SMILES string of the molecule is O=C1C[C@]2(C=NCC2)c2ccccc2N1Cc1ccccc1. The molecule has 1 spiro atoms. The number of rotatable bonds is 2. The molecule has 0 bridgehead atoms. The van der Waals surface area contributed by atoms with E-state index in [0.29, 0.717) is 13.0 Å². The Hall–Kier alpha value is -2.42. The Morgan fingerprint density at radius 1 is 1.05 bits per heavy atom. The Balaban J connectivity index is 1.77. The van der Waals surface area contributed by atoms with Crippen LogP contribution in [0, 0.1) is 0 Å². The van der Waals surface area contributed by atoms with Crippen LogP contribution in [-0.4, -0.2) is 18.7 Å². The number of para-hydroxylation sites is 1. The number of fused-ring (bicyclic) bond motifs is 2. The number of anilines is 1. The predicted molar refractivity (Wildman–Crippen MR) is 88.3 cm³/mol. The second kappa shape index (κ2) is 5.09. The van der Waals surface area contributed by atoms with Gasteiger partial charge in [0.2, 0.25) is 5.91 Å². The Morgan fingerprint density at radius 2 is 1.82 bits per heavy atom. The fourth-order valence-electron chi connectivity index (χ4n) is 3.57. The van der Waals surface area contributed by atoms with Crippen LogP contribution in [0.25, 0.3) is 0 Å². The summed E-state index contributed by atoms with van der Waals surface area (Å²) in [6, 6.07) is 18.4. The van der Waals surface area contributed by atoms with Gasteiger partial charge in [0.15, 0.2) is 0 Å². The van der Waals surface area contributed by atoms with Crippen LogP contribution in [0.2, 0.25) is 0 Å². The van der Waals surface area contributed by atoms with Gasteiger partial charge in [-0.15, -0.1) is 0 Å². The van der Waals surface area contributed by atoms with Gasteiger partial charge in [0.1, 0.15) is 0 Å². The summed E-state index contributed by atoms with van der Waals surface area (Å²) in [6.07, 6.45) is 3.47. The molecule has 110 valence electrons. The van der Waals surface area contributed by atoms with Crippen LogP contribution >= 0.6 is 0 Å². The van der Waals surface area contributed by atoms with Crippen molar-refractivity contribution in [3.05, 3.63) is 65.7 Å². The normalized spacial score (nSPS) is 23.1. The van der Waals surface area contributed by atoms with Crippen LogP contribution in [0.3, 0.4) is 0 Å². The van der Waals surface area contributed by atoms with Crippen LogP contribution in [-0.2, 0) is 16.8 Å². The maximum atomic E-state index is 12.8. The van der Waals surface area contributed by atoms with E-state index in [1.807, 2.05) is 35.4 Å². The lowest BCUT2D eigenvalue weighted by Crippen LogP contribution is -2.44. The molecule has 3 nitrogen and oxygen atoms in total. The quantitative estimate of drug-likeness (QED) is 0.835. The van der Waals surface area contributed by atoms with E-state index in [0.717, 1.165) is 24.2 Å². The molecular weight excluding hydrogens is 272 g/mol. The number of aliphatic imine (C=N–C) groups is 1. The topological polar surface area (TPSA) is 32.7 Å². The zero-order valence-electron chi connectivity index (χ0n) is 12.4. The van der Waals surface area contributed by atoms with Crippen molar-refractivity contribution in [1.82, 2.24) is 0 Å². The molecule has 0 fully saturated rings. The molecule has 0 aliphatic carbocycles. The number of amides is 1. The molecule has 1 amide bonds. The fourth-order valence-corrected chi connectivity index (χ4v) is 3.57. The van der Waals surface area contributed by atoms with E-state index in [9.17, 15) is 4.79 Å². The van der Waals surface area contributed by atoms with E-state index in [1.54, 1.807) is 0 Å². The summed E-state index contributed by atoms with van der Waals surface area (Å²) >= 11 is 0. The minimum absolute atomic E-state index is 0.180. The van der Waals surface area contributed by atoms with Gasteiger partial charge in [-0.1, -0.05) is 48.5 Å². The van der Waals surface area contributed by atoms with Gasteiger partial charge >= 0.3 is 0 Å². The highest BCUT2D eigenvalue weighted by molar-refractivity contribution is 6.02. The average Bonchev–Trinajstić information content (AvgIpc) is 3.02. The molecule has 0 aromatic heterocycles. The molecular formula is C19H18N2O. The molecule has 0 unspecified atom stereocenters. The summed E-state index contributed by atoms with van der Waals surface area (Å²) in [6.45, 7) is 1.45. The first-order valence-corrected chi connectivity index (χ1v) is 7.73. The number of carbonyl (C=O) groups excluding carboxylic acids is 1. The van der Waals surface area contributed by atoms with E-state index < -0.39 is 0 Å². The van der Waals surface area contributed by atoms with Gasteiger partial charge in [0, 0.05) is 30.3 Å². The van der Waals surface area contributed by atoms with Gasteiger partial charge in [-0.2, -0.15) is 0 Å². The van der Waals surface area contributed by atoms with Gasteiger partial charge in [-0.05, 0) is 23.6 Å². The Bertz CT molecular complexity index is 738. The van der Waals surface area contributed by atoms with Gasteiger partial charge in [0.05, 0.1) is 6.54 Å².